The molecular weight excluding hydrogens is 426 g/mol. The summed E-state index contributed by atoms with van der Waals surface area (Å²) in [5.74, 6) is 0.321. The van der Waals surface area contributed by atoms with Gasteiger partial charge >= 0.3 is 5.97 Å². The van der Waals surface area contributed by atoms with E-state index in [4.69, 9.17) is 4.74 Å². The van der Waals surface area contributed by atoms with Crippen molar-refractivity contribution in [1.29, 1.82) is 0 Å². The van der Waals surface area contributed by atoms with Crippen LogP contribution in [0, 0.1) is 6.92 Å². The number of amides is 1. The molecule has 1 amide bonds. The van der Waals surface area contributed by atoms with Gasteiger partial charge in [0, 0.05) is 18.8 Å². The minimum absolute atomic E-state index is 0.159. The van der Waals surface area contributed by atoms with Crippen molar-refractivity contribution in [3.8, 4) is 5.69 Å². The molecule has 1 aromatic heterocycles. The fourth-order valence-corrected chi connectivity index (χ4v) is 4.31. The number of methoxy groups -OCH3 is 1. The van der Waals surface area contributed by atoms with Gasteiger partial charge in [-0.15, -0.1) is 10.2 Å². The zero-order valence-electron chi connectivity index (χ0n) is 18.1. The lowest BCUT2D eigenvalue weighted by Gasteiger charge is -2.18. The number of hydrogen-bond acceptors (Lipinski definition) is 7. The number of aryl methyl sites for hydroxylation is 1. The Morgan fingerprint density at radius 2 is 1.84 bits per heavy atom. The molecule has 0 unspecified atom stereocenters. The van der Waals surface area contributed by atoms with Gasteiger partial charge in [-0.3, -0.25) is 9.36 Å². The number of nitrogens with zero attached hydrogens (tertiary/aromatic N) is 4. The summed E-state index contributed by atoms with van der Waals surface area (Å²) >= 11 is 1.33. The van der Waals surface area contributed by atoms with Crippen LogP contribution in [0.25, 0.3) is 5.69 Å². The summed E-state index contributed by atoms with van der Waals surface area (Å²) < 4.78 is 6.75. The Hall–Kier alpha value is -3.33. The lowest BCUT2D eigenvalue weighted by Crippen LogP contribution is -2.22. The van der Waals surface area contributed by atoms with E-state index >= 15 is 0 Å². The lowest BCUT2D eigenvalue weighted by atomic mass is 10.2. The predicted octanol–water partition coefficient (Wildman–Crippen LogP) is 3.69. The van der Waals surface area contributed by atoms with Crippen molar-refractivity contribution in [2.75, 3.05) is 36.2 Å². The summed E-state index contributed by atoms with van der Waals surface area (Å²) in [5, 5.41) is 12.3. The van der Waals surface area contributed by atoms with Gasteiger partial charge < -0.3 is 15.0 Å². The Labute approximate surface area is 191 Å². The zero-order valence-corrected chi connectivity index (χ0v) is 18.9. The largest absolute Gasteiger partial charge is 0.465 e. The molecule has 1 fully saturated rings. The van der Waals surface area contributed by atoms with Gasteiger partial charge in [0.15, 0.2) is 5.16 Å². The van der Waals surface area contributed by atoms with E-state index in [2.05, 4.69) is 32.5 Å². The minimum Gasteiger partial charge on any atom is -0.465 e. The fourth-order valence-electron chi connectivity index (χ4n) is 3.57. The van der Waals surface area contributed by atoms with Crippen LogP contribution in [0.4, 0.5) is 11.6 Å². The second-order valence-electron chi connectivity index (χ2n) is 7.56. The summed E-state index contributed by atoms with van der Waals surface area (Å²) in [5.41, 5.74) is 3.06. The molecule has 2 aromatic carbocycles. The maximum Gasteiger partial charge on any atom is 0.337 e. The molecule has 1 N–H and O–H groups in total. The van der Waals surface area contributed by atoms with E-state index in [1.165, 1.54) is 24.4 Å². The van der Waals surface area contributed by atoms with Crippen LogP contribution in [0.2, 0.25) is 0 Å². The number of aromatic nitrogens is 3. The third-order valence-electron chi connectivity index (χ3n) is 5.20. The molecule has 0 saturated carbocycles. The topological polar surface area (TPSA) is 89.3 Å². The highest BCUT2D eigenvalue weighted by Crippen LogP contribution is 2.29. The molecule has 8 nitrogen and oxygen atoms in total. The molecule has 4 rings (SSSR count). The van der Waals surface area contributed by atoms with Crippen molar-refractivity contribution in [2.45, 2.75) is 24.9 Å². The number of hydrogen-bond donors (Lipinski definition) is 1. The van der Waals surface area contributed by atoms with E-state index in [0.29, 0.717) is 16.4 Å². The standard InChI is InChI=1S/C23H25N5O3S/c1-16-8-10-19(11-9-16)28-22(27-12-3-4-13-27)25-26-23(28)32-15-20(29)24-18-7-5-6-17(14-18)21(30)31-2/h5-11,14H,3-4,12-13,15H2,1-2H3,(H,24,29). The first kappa shape index (κ1) is 21.9. The minimum atomic E-state index is -0.448. The van der Waals surface area contributed by atoms with Crippen LogP contribution in [0.3, 0.4) is 0 Å². The first-order chi connectivity index (χ1) is 15.5. The van der Waals surface area contributed by atoms with Crippen LogP contribution in [0.1, 0.15) is 28.8 Å². The molecule has 0 aliphatic carbocycles. The van der Waals surface area contributed by atoms with Gasteiger partial charge in [-0.05, 0) is 50.1 Å². The number of rotatable bonds is 7. The Balaban J connectivity index is 1.50. The van der Waals surface area contributed by atoms with Crippen LogP contribution in [0.15, 0.2) is 53.7 Å². The van der Waals surface area contributed by atoms with Crippen molar-refractivity contribution < 1.29 is 14.3 Å². The van der Waals surface area contributed by atoms with Gasteiger partial charge in [0.05, 0.1) is 24.1 Å². The normalized spacial score (nSPS) is 13.2. The number of thioether (sulfide) groups is 1. The summed E-state index contributed by atoms with van der Waals surface area (Å²) in [6.07, 6.45) is 2.27. The van der Waals surface area contributed by atoms with Crippen molar-refractivity contribution in [3.63, 3.8) is 0 Å². The molecular formula is C23H25N5O3S. The van der Waals surface area contributed by atoms with Gasteiger partial charge in [-0.25, -0.2) is 4.79 Å². The monoisotopic (exact) mass is 451 g/mol. The van der Waals surface area contributed by atoms with E-state index in [1.54, 1.807) is 24.3 Å². The van der Waals surface area contributed by atoms with E-state index < -0.39 is 5.97 Å². The van der Waals surface area contributed by atoms with Crippen molar-refractivity contribution in [1.82, 2.24) is 14.8 Å². The Morgan fingerprint density at radius 3 is 2.56 bits per heavy atom. The molecule has 2 heterocycles. The highest BCUT2D eigenvalue weighted by Gasteiger charge is 2.23. The first-order valence-electron chi connectivity index (χ1n) is 10.4. The highest BCUT2D eigenvalue weighted by atomic mass is 32.2. The fraction of sp³-hybridized carbons (Fsp3) is 0.304. The first-order valence-corrected chi connectivity index (χ1v) is 11.4. The average molecular weight is 452 g/mol. The van der Waals surface area contributed by atoms with Crippen LogP contribution in [-0.2, 0) is 9.53 Å². The van der Waals surface area contributed by atoms with E-state index in [0.717, 1.165) is 37.6 Å². The van der Waals surface area contributed by atoms with Gasteiger partial charge in [0.1, 0.15) is 0 Å². The molecule has 1 saturated heterocycles. The lowest BCUT2D eigenvalue weighted by molar-refractivity contribution is -0.113. The Bertz CT molecular complexity index is 1110. The molecule has 1 aliphatic rings. The Kier molecular flexibility index (Phi) is 6.75. The number of nitrogens with one attached hydrogen (secondary N) is 1. The summed E-state index contributed by atoms with van der Waals surface area (Å²) in [4.78, 5) is 26.5. The second kappa shape index (κ2) is 9.86. The number of anilines is 2. The second-order valence-corrected chi connectivity index (χ2v) is 8.50. The molecule has 32 heavy (non-hydrogen) atoms. The molecule has 0 atom stereocenters. The molecule has 1 aliphatic heterocycles. The molecule has 0 radical (unpaired) electrons. The SMILES string of the molecule is COC(=O)c1cccc(NC(=O)CSc2nnc(N3CCCC3)n2-c2ccc(C)cc2)c1. The maximum atomic E-state index is 12.6. The van der Waals surface area contributed by atoms with Gasteiger partial charge in [0.2, 0.25) is 11.9 Å². The van der Waals surface area contributed by atoms with Gasteiger partial charge in [-0.1, -0.05) is 35.5 Å². The van der Waals surface area contributed by atoms with Crippen LogP contribution < -0.4 is 10.2 Å². The predicted molar refractivity (Wildman–Crippen MR) is 125 cm³/mol. The molecule has 166 valence electrons. The summed E-state index contributed by atoms with van der Waals surface area (Å²) in [6, 6.07) is 14.9. The third kappa shape index (κ3) is 4.94. The van der Waals surface area contributed by atoms with E-state index in [1.807, 2.05) is 23.6 Å². The van der Waals surface area contributed by atoms with Crippen molar-refractivity contribution >= 4 is 35.3 Å². The number of ether oxygens (including phenoxy) is 1. The van der Waals surface area contributed by atoms with E-state index in [-0.39, 0.29) is 11.7 Å². The van der Waals surface area contributed by atoms with E-state index in [9.17, 15) is 9.59 Å². The van der Waals surface area contributed by atoms with Crippen LogP contribution in [-0.4, -0.2) is 52.6 Å². The number of esters is 1. The highest BCUT2D eigenvalue weighted by molar-refractivity contribution is 7.99. The average Bonchev–Trinajstić information content (AvgIpc) is 3.48. The molecule has 3 aromatic rings. The van der Waals surface area contributed by atoms with Crippen molar-refractivity contribution in [3.05, 3.63) is 59.7 Å². The quantitative estimate of drug-likeness (QED) is 0.433. The smallest absolute Gasteiger partial charge is 0.337 e. The summed E-state index contributed by atoms with van der Waals surface area (Å²) in [6.45, 7) is 3.95. The number of carbonyl (C=O) groups is 2. The summed E-state index contributed by atoms with van der Waals surface area (Å²) in [7, 11) is 1.32. The number of benzene rings is 2. The molecule has 0 bridgehead atoms. The van der Waals surface area contributed by atoms with Crippen LogP contribution >= 0.6 is 11.8 Å². The number of carbonyl (C=O) groups excluding carboxylic acids is 2. The zero-order chi connectivity index (χ0) is 22.5. The van der Waals surface area contributed by atoms with Crippen molar-refractivity contribution in [2.24, 2.45) is 0 Å². The molecule has 0 spiro atoms. The third-order valence-corrected chi connectivity index (χ3v) is 6.13. The molecule has 9 heteroatoms. The van der Waals surface area contributed by atoms with Gasteiger partial charge in [0.25, 0.3) is 0 Å². The maximum absolute atomic E-state index is 12.6. The Morgan fingerprint density at radius 1 is 1.09 bits per heavy atom. The van der Waals surface area contributed by atoms with Crippen LogP contribution in [0.5, 0.6) is 0 Å². The van der Waals surface area contributed by atoms with Gasteiger partial charge in [-0.2, -0.15) is 0 Å².